The largest absolute Gasteiger partial charge is 0.497 e. The maximum atomic E-state index is 12.4. The predicted octanol–water partition coefficient (Wildman–Crippen LogP) is 2.44. The van der Waals surface area contributed by atoms with Crippen LogP contribution in [0.25, 0.3) is 0 Å². The summed E-state index contributed by atoms with van der Waals surface area (Å²) in [6, 6.07) is 13.1. The van der Waals surface area contributed by atoms with E-state index in [1.807, 2.05) is 0 Å². The van der Waals surface area contributed by atoms with Crippen LogP contribution in [0.3, 0.4) is 0 Å². The summed E-state index contributed by atoms with van der Waals surface area (Å²) in [5.74, 6) is -0.641. The van der Waals surface area contributed by atoms with Gasteiger partial charge in [-0.15, -0.1) is 0 Å². The number of carbonyl (C=O) groups is 3. The first-order valence-corrected chi connectivity index (χ1v) is 8.36. The van der Waals surface area contributed by atoms with E-state index in [9.17, 15) is 14.4 Å². The number of rotatable bonds is 5. The maximum absolute atomic E-state index is 12.4. The fourth-order valence-electron chi connectivity index (χ4n) is 2.85. The van der Waals surface area contributed by atoms with Crippen molar-refractivity contribution in [2.45, 2.75) is 6.42 Å². The van der Waals surface area contributed by atoms with E-state index in [1.165, 1.54) is 31.4 Å². The van der Waals surface area contributed by atoms with Crippen molar-refractivity contribution in [1.82, 2.24) is 0 Å². The molecule has 1 atom stereocenters. The van der Waals surface area contributed by atoms with Crippen LogP contribution >= 0.6 is 0 Å². The van der Waals surface area contributed by atoms with E-state index < -0.39 is 17.9 Å². The lowest BCUT2D eigenvalue weighted by Gasteiger charge is -2.16. The van der Waals surface area contributed by atoms with Crippen LogP contribution in [-0.4, -0.2) is 38.6 Å². The molecule has 0 spiro atoms. The molecule has 7 nitrogen and oxygen atoms in total. The number of methoxy groups -OCH3 is 2. The number of hydrogen-bond donors (Lipinski definition) is 0. The number of nitrogens with zero attached hydrogens (tertiary/aromatic N) is 1. The Kier molecular flexibility index (Phi) is 5.40. The van der Waals surface area contributed by atoms with Gasteiger partial charge in [0.25, 0.3) is 0 Å². The van der Waals surface area contributed by atoms with E-state index in [1.54, 1.807) is 36.3 Å². The quantitative estimate of drug-likeness (QED) is 0.595. The van der Waals surface area contributed by atoms with Crippen LogP contribution < -0.4 is 14.4 Å². The van der Waals surface area contributed by atoms with Crippen LogP contribution in [0.2, 0.25) is 0 Å². The molecule has 0 N–H and O–H groups in total. The summed E-state index contributed by atoms with van der Waals surface area (Å²) in [6.45, 7) is 0.254. The summed E-state index contributed by atoms with van der Waals surface area (Å²) in [6.07, 6.45) is 0.0884. The molecule has 140 valence electrons. The number of anilines is 1. The van der Waals surface area contributed by atoms with Crippen molar-refractivity contribution in [3.05, 3.63) is 54.1 Å². The van der Waals surface area contributed by atoms with Crippen molar-refractivity contribution in [2.75, 3.05) is 25.7 Å². The van der Waals surface area contributed by atoms with E-state index in [0.717, 1.165) is 0 Å². The second-order valence-electron chi connectivity index (χ2n) is 6.04. The monoisotopic (exact) mass is 369 g/mol. The van der Waals surface area contributed by atoms with Gasteiger partial charge >= 0.3 is 11.9 Å². The fraction of sp³-hybridized carbons (Fsp3) is 0.250. The lowest BCUT2D eigenvalue weighted by molar-refractivity contribution is -0.139. The lowest BCUT2D eigenvalue weighted by atomic mass is 10.1. The third-order valence-electron chi connectivity index (χ3n) is 4.34. The molecule has 3 rings (SSSR count). The number of hydrogen-bond acceptors (Lipinski definition) is 6. The Morgan fingerprint density at radius 3 is 2.19 bits per heavy atom. The maximum Gasteiger partial charge on any atom is 0.337 e. The van der Waals surface area contributed by atoms with Gasteiger partial charge in [-0.1, -0.05) is 0 Å². The standard InChI is InChI=1S/C20H19NO6/c1-25-16-9-5-15(6-10-16)21-12-14(11-18(21)22)20(24)27-17-7-3-13(4-8-17)19(23)26-2/h3-10,14H,11-12H2,1-2H3/t14-/m0/s1. The van der Waals surface area contributed by atoms with E-state index >= 15 is 0 Å². The van der Waals surface area contributed by atoms with Crippen molar-refractivity contribution in [3.8, 4) is 11.5 Å². The van der Waals surface area contributed by atoms with Gasteiger partial charge in [0.15, 0.2) is 0 Å². The molecule has 0 saturated carbocycles. The number of esters is 2. The predicted molar refractivity (Wildman–Crippen MR) is 96.9 cm³/mol. The molecule has 1 fully saturated rings. The van der Waals surface area contributed by atoms with Crippen LogP contribution in [0.5, 0.6) is 11.5 Å². The third kappa shape index (κ3) is 4.08. The van der Waals surface area contributed by atoms with Crippen LogP contribution in [0.15, 0.2) is 48.5 Å². The van der Waals surface area contributed by atoms with Crippen molar-refractivity contribution < 1.29 is 28.6 Å². The van der Waals surface area contributed by atoms with Crippen LogP contribution in [0.4, 0.5) is 5.69 Å². The van der Waals surface area contributed by atoms with Crippen LogP contribution in [0.1, 0.15) is 16.8 Å². The van der Waals surface area contributed by atoms with E-state index in [2.05, 4.69) is 4.74 Å². The lowest BCUT2D eigenvalue weighted by Crippen LogP contribution is -2.27. The summed E-state index contributed by atoms with van der Waals surface area (Å²) in [5, 5.41) is 0. The molecule has 0 aliphatic carbocycles. The van der Waals surface area contributed by atoms with Crippen molar-refractivity contribution >= 4 is 23.5 Å². The van der Waals surface area contributed by atoms with Gasteiger partial charge in [0, 0.05) is 18.7 Å². The molecule has 2 aromatic carbocycles. The average molecular weight is 369 g/mol. The number of benzene rings is 2. The van der Waals surface area contributed by atoms with E-state index in [0.29, 0.717) is 22.7 Å². The van der Waals surface area contributed by atoms with Crippen molar-refractivity contribution in [1.29, 1.82) is 0 Å². The number of ether oxygens (including phenoxy) is 3. The van der Waals surface area contributed by atoms with Gasteiger partial charge in [-0.2, -0.15) is 0 Å². The van der Waals surface area contributed by atoms with Gasteiger partial charge in [-0.3, -0.25) is 9.59 Å². The van der Waals surface area contributed by atoms with Crippen molar-refractivity contribution in [2.24, 2.45) is 5.92 Å². The Labute approximate surface area is 156 Å². The molecule has 27 heavy (non-hydrogen) atoms. The zero-order valence-corrected chi connectivity index (χ0v) is 15.0. The highest BCUT2D eigenvalue weighted by molar-refractivity contribution is 5.99. The zero-order chi connectivity index (χ0) is 19.4. The summed E-state index contributed by atoms with van der Waals surface area (Å²) >= 11 is 0. The third-order valence-corrected chi connectivity index (χ3v) is 4.34. The Morgan fingerprint density at radius 1 is 0.963 bits per heavy atom. The SMILES string of the molecule is COC(=O)c1ccc(OC(=O)[C@H]2CC(=O)N(c3ccc(OC)cc3)C2)cc1. The molecular formula is C20H19NO6. The van der Waals surface area contributed by atoms with E-state index in [4.69, 9.17) is 9.47 Å². The molecule has 0 unspecified atom stereocenters. The molecule has 0 aromatic heterocycles. The van der Waals surface area contributed by atoms with Gasteiger partial charge in [-0.25, -0.2) is 4.79 Å². The average Bonchev–Trinajstić information content (AvgIpc) is 3.10. The molecule has 2 aromatic rings. The first kappa shape index (κ1) is 18.4. The highest BCUT2D eigenvalue weighted by Crippen LogP contribution is 2.28. The summed E-state index contributed by atoms with van der Waals surface area (Å²) in [4.78, 5) is 37.7. The smallest absolute Gasteiger partial charge is 0.337 e. The first-order chi connectivity index (χ1) is 13.0. The minimum absolute atomic E-state index is 0.0884. The van der Waals surface area contributed by atoms with Crippen LogP contribution in [-0.2, 0) is 14.3 Å². The Balaban J connectivity index is 1.64. The Hall–Kier alpha value is -3.35. The highest BCUT2D eigenvalue weighted by atomic mass is 16.5. The van der Waals surface area contributed by atoms with Crippen molar-refractivity contribution in [3.63, 3.8) is 0 Å². The zero-order valence-electron chi connectivity index (χ0n) is 15.0. The molecule has 1 heterocycles. The summed E-state index contributed by atoms with van der Waals surface area (Å²) in [5.41, 5.74) is 1.07. The molecule has 1 aliphatic heterocycles. The van der Waals surface area contributed by atoms with Gasteiger partial charge in [0.1, 0.15) is 11.5 Å². The second-order valence-corrected chi connectivity index (χ2v) is 6.04. The topological polar surface area (TPSA) is 82.1 Å². The van der Waals surface area contributed by atoms with Crippen LogP contribution in [0, 0.1) is 5.92 Å². The molecule has 1 saturated heterocycles. The normalized spacial score (nSPS) is 16.1. The number of amides is 1. The molecule has 1 aliphatic rings. The molecule has 1 amide bonds. The second kappa shape index (κ2) is 7.90. The van der Waals surface area contributed by atoms with Gasteiger partial charge in [0.05, 0.1) is 25.7 Å². The molecule has 0 bridgehead atoms. The molecule has 7 heteroatoms. The van der Waals surface area contributed by atoms with E-state index in [-0.39, 0.29) is 18.9 Å². The highest BCUT2D eigenvalue weighted by Gasteiger charge is 2.36. The minimum atomic E-state index is -0.556. The minimum Gasteiger partial charge on any atom is -0.497 e. The molecular weight excluding hydrogens is 350 g/mol. The fourth-order valence-corrected chi connectivity index (χ4v) is 2.85. The summed E-state index contributed by atoms with van der Waals surface area (Å²) in [7, 11) is 2.86. The first-order valence-electron chi connectivity index (χ1n) is 8.36. The van der Waals surface area contributed by atoms with Gasteiger partial charge in [0.2, 0.25) is 5.91 Å². The Bertz CT molecular complexity index is 844. The molecule has 0 radical (unpaired) electrons. The summed E-state index contributed by atoms with van der Waals surface area (Å²) < 4.78 is 15.1. The Morgan fingerprint density at radius 2 is 1.59 bits per heavy atom. The number of carbonyl (C=O) groups excluding carboxylic acids is 3. The van der Waals surface area contributed by atoms with Gasteiger partial charge < -0.3 is 19.1 Å². The van der Waals surface area contributed by atoms with Gasteiger partial charge in [-0.05, 0) is 48.5 Å².